The summed E-state index contributed by atoms with van der Waals surface area (Å²) >= 11 is 0. The summed E-state index contributed by atoms with van der Waals surface area (Å²) in [5.41, 5.74) is -0.795. The Morgan fingerprint density at radius 1 is 1.56 bits per heavy atom. The van der Waals surface area contributed by atoms with Crippen molar-refractivity contribution in [2.24, 2.45) is 11.1 Å². The molecule has 0 atom stereocenters. The lowest BCUT2D eigenvalue weighted by Gasteiger charge is -2.39. The molecule has 0 aromatic carbocycles. The van der Waals surface area contributed by atoms with E-state index in [0.29, 0.717) is 24.6 Å². The molecular weight excluding hydrogens is 240 g/mol. The number of hydrogen-bond acceptors (Lipinski definition) is 6. The molecule has 1 saturated carbocycles. The van der Waals surface area contributed by atoms with Crippen molar-refractivity contribution in [3.05, 3.63) is 11.9 Å². The molecule has 96 valence electrons. The summed E-state index contributed by atoms with van der Waals surface area (Å²) in [7, 11) is 0. The zero-order chi connectivity index (χ0) is 12.8. The van der Waals surface area contributed by atoms with Crippen LogP contribution in [0.25, 0.3) is 0 Å². The van der Waals surface area contributed by atoms with Crippen LogP contribution in [0.4, 0.5) is 0 Å². The van der Waals surface area contributed by atoms with Gasteiger partial charge in [0.15, 0.2) is 5.84 Å². The Balaban J connectivity index is 1.76. The number of aliphatic carboxylic acids is 1. The third-order valence-corrected chi connectivity index (χ3v) is 3.34. The van der Waals surface area contributed by atoms with Crippen molar-refractivity contribution in [3.63, 3.8) is 0 Å². The van der Waals surface area contributed by atoms with Crippen molar-refractivity contribution < 1.29 is 19.8 Å². The SMILES string of the molecule is O=C(O)C1CC(O)(c2cn(C3=NOCC3)nn2)C1. The number of carboxylic acids is 1. The van der Waals surface area contributed by atoms with Crippen LogP contribution in [0, 0.1) is 5.92 Å². The molecule has 1 aromatic heterocycles. The highest BCUT2D eigenvalue weighted by atomic mass is 16.6. The normalized spacial score (nSPS) is 30.5. The quantitative estimate of drug-likeness (QED) is 0.737. The van der Waals surface area contributed by atoms with Gasteiger partial charge in [-0.3, -0.25) is 4.79 Å². The molecule has 2 N–H and O–H groups in total. The minimum absolute atomic E-state index is 0.171. The zero-order valence-electron chi connectivity index (χ0n) is 9.48. The largest absolute Gasteiger partial charge is 0.481 e. The number of nitrogens with zero attached hydrogens (tertiary/aromatic N) is 4. The van der Waals surface area contributed by atoms with Gasteiger partial charge in [0, 0.05) is 6.42 Å². The molecule has 1 aliphatic heterocycles. The summed E-state index contributed by atoms with van der Waals surface area (Å²) in [6.07, 6.45) is 2.55. The number of carboxylic acid groups (broad SMARTS) is 1. The molecule has 0 saturated heterocycles. The molecule has 8 nitrogen and oxygen atoms in total. The van der Waals surface area contributed by atoms with Crippen LogP contribution in [0.2, 0.25) is 0 Å². The molecule has 8 heteroatoms. The van der Waals surface area contributed by atoms with Gasteiger partial charge in [-0.25, -0.2) is 4.68 Å². The van der Waals surface area contributed by atoms with E-state index in [1.165, 1.54) is 4.68 Å². The molecule has 18 heavy (non-hydrogen) atoms. The molecule has 0 unspecified atom stereocenters. The van der Waals surface area contributed by atoms with Crippen molar-refractivity contribution in [1.29, 1.82) is 0 Å². The smallest absolute Gasteiger partial charge is 0.306 e. The molecule has 2 heterocycles. The fourth-order valence-corrected chi connectivity index (χ4v) is 2.20. The van der Waals surface area contributed by atoms with Crippen molar-refractivity contribution in [2.45, 2.75) is 24.9 Å². The summed E-state index contributed by atoms with van der Waals surface area (Å²) in [5.74, 6) is -0.764. The molecule has 0 bridgehead atoms. The van der Waals surface area contributed by atoms with E-state index in [4.69, 9.17) is 9.94 Å². The van der Waals surface area contributed by atoms with Gasteiger partial charge in [-0.1, -0.05) is 10.4 Å². The second-order valence-corrected chi connectivity index (χ2v) is 4.61. The van der Waals surface area contributed by atoms with E-state index in [9.17, 15) is 9.90 Å². The average molecular weight is 252 g/mol. The molecule has 2 aliphatic rings. The molecular formula is C10H12N4O4. The second-order valence-electron chi connectivity index (χ2n) is 4.61. The minimum atomic E-state index is -1.18. The summed E-state index contributed by atoms with van der Waals surface area (Å²) in [4.78, 5) is 15.6. The van der Waals surface area contributed by atoms with Gasteiger partial charge in [0.05, 0.1) is 12.1 Å². The number of aliphatic hydroxyl groups is 1. The number of rotatable bonds is 2. The standard InChI is InChI=1S/C10H12N4O4/c15-9(16)6-3-10(17,4-6)7-5-14(13-11-7)8-1-2-18-12-8/h5-6,17H,1-4H2,(H,15,16). The van der Waals surface area contributed by atoms with Crippen LogP contribution < -0.4 is 0 Å². The van der Waals surface area contributed by atoms with Crippen LogP contribution in [-0.4, -0.2) is 43.6 Å². The molecule has 0 spiro atoms. The van der Waals surface area contributed by atoms with Crippen LogP contribution in [0.1, 0.15) is 25.0 Å². The van der Waals surface area contributed by atoms with E-state index in [1.807, 2.05) is 0 Å². The number of carbonyl (C=O) groups is 1. The van der Waals surface area contributed by atoms with E-state index in [1.54, 1.807) is 6.20 Å². The maximum Gasteiger partial charge on any atom is 0.306 e. The predicted octanol–water partition coefficient (Wildman–Crippen LogP) is -0.458. The van der Waals surface area contributed by atoms with Gasteiger partial charge in [-0.05, 0) is 12.8 Å². The van der Waals surface area contributed by atoms with Crippen molar-refractivity contribution in [3.8, 4) is 0 Å². The maximum atomic E-state index is 10.7. The lowest BCUT2D eigenvalue weighted by Crippen LogP contribution is -2.44. The van der Waals surface area contributed by atoms with E-state index < -0.39 is 17.5 Å². The molecule has 1 aliphatic carbocycles. The summed E-state index contributed by atoms with van der Waals surface area (Å²) in [5, 5.41) is 30.5. The van der Waals surface area contributed by atoms with Crippen LogP contribution >= 0.6 is 0 Å². The molecule has 0 amide bonds. The number of oxime groups is 1. The number of hydrogen-bond donors (Lipinski definition) is 2. The molecule has 1 fully saturated rings. The fraction of sp³-hybridized carbons (Fsp3) is 0.600. The topological polar surface area (TPSA) is 110 Å². The van der Waals surface area contributed by atoms with Gasteiger partial charge >= 0.3 is 5.97 Å². The summed E-state index contributed by atoms with van der Waals surface area (Å²) in [6.45, 7) is 0.510. The van der Waals surface area contributed by atoms with Crippen molar-refractivity contribution in [2.75, 3.05) is 6.61 Å². The molecule has 3 rings (SSSR count). The van der Waals surface area contributed by atoms with Gasteiger partial charge in [0.1, 0.15) is 17.9 Å². The first-order valence-corrected chi connectivity index (χ1v) is 5.66. The van der Waals surface area contributed by atoms with Crippen LogP contribution in [0.3, 0.4) is 0 Å². The van der Waals surface area contributed by atoms with Crippen LogP contribution in [0.5, 0.6) is 0 Å². The third kappa shape index (κ3) is 1.65. The Bertz CT molecular complexity index is 518. The first kappa shape index (κ1) is 11.1. The first-order chi connectivity index (χ1) is 8.58. The summed E-state index contributed by atoms with van der Waals surface area (Å²) < 4.78 is 1.45. The van der Waals surface area contributed by atoms with Crippen LogP contribution in [0.15, 0.2) is 11.4 Å². The van der Waals surface area contributed by atoms with Gasteiger partial charge < -0.3 is 15.1 Å². The van der Waals surface area contributed by atoms with Gasteiger partial charge in [0.25, 0.3) is 0 Å². The Kier molecular flexibility index (Phi) is 2.34. The van der Waals surface area contributed by atoms with E-state index >= 15 is 0 Å². The van der Waals surface area contributed by atoms with Crippen molar-refractivity contribution in [1.82, 2.24) is 15.0 Å². The maximum absolute atomic E-state index is 10.7. The molecule has 0 radical (unpaired) electrons. The predicted molar refractivity (Wildman–Crippen MR) is 57.7 cm³/mol. The van der Waals surface area contributed by atoms with Gasteiger partial charge in [-0.15, -0.1) is 5.10 Å². The van der Waals surface area contributed by atoms with Crippen LogP contribution in [-0.2, 0) is 15.2 Å². The van der Waals surface area contributed by atoms with E-state index in [2.05, 4.69) is 15.5 Å². The Morgan fingerprint density at radius 3 is 2.94 bits per heavy atom. The highest BCUT2D eigenvalue weighted by Gasteiger charge is 2.49. The lowest BCUT2D eigenvalue weighted by molar-refractivity contribution is -0.160. The number of aromatic nitrogens is 3. The zero-order valence-corrected chi connectivity index (χ0v) is 9.48. The Labute approximate surface area is 102 Å². The third-order valence-electron chi connectivity index (χ3n) is 3.34. The highest BCUT2D eigenvalue weighted by Crippen LogP contribution is 2.44. The summed E-state index contributed by atoms with van der Waals surface area (Å²) in [6, 6.07) is 0. The lowest BCUT2D eigenvalue weighted by atomic mass is 9.69. The van der Waals surface area contributed by atoms with Gasteiger partial charge in [0.2, 0.25) is 0 Å². The molecule has 1 aromatic rings. The van der Waals surface area contributed by atoms with E-state index in [0.717, 1.165) is 0 Å². The van der Waals surface area contributed by atoms with Gasteiger partial charge in [-0.2, -0.15) is 0 Å². The monoisotopic (exact) mass is 252 g/mol. The highest BCUT2D eigenvalue weighted by molar-refractivity contribution is 5.84. The fourth-order valence-electron chi connectivity index (χ4n) is 2.20. The van der Waals surface area contributed by atoms with E-state index in [-0.39, 0.29) is 12.8 Å². The average Bonchev–Trinajstić information content (AvgIpc) is 2.94. The second kappa shape index (κ2) is 3.77. The van der Waals surface area contributed by atoms with Crippen molar-refractivity contribution >= 4 is 11.8 Å². The first-order valence-electron chi connectivity index (χ1n) is 5.66. The minimum Gasteiger partial charge on any atom is -0.481 e. The Hall–Kier alpha value is -1.96. The Morgan fingerprint density at radius 2 is 2.33 bits per heavy atom.